The average Bonchev–Trinajstić information content (AvgIpc) is 3.11. The maximum atomic E-state index is 2.33. The van der Waals surface area contributed by atoms with Crippen molar-refractivity contribution in [2.45, 2.75) is 78.0 Å². The summed E-state index contributed by atoms with van der Waals surface area (Å²) in [7, 11) is 0.127. The molecule has 0 unspecified atom stereocenters. The minimum Gasteiger partial charge on any atom is -0.0935 e. The van der Waals surface area contributed by atoms with E-state index in [2.05, 4.69) is 107 Å². The van der Waals surface area contributed by atoms with E-state index in [1.54, 1.807) is 11.3 Å². The van der Waals surface area contributed by atoms with Crippen molar-refractivity contribution in [1.29, 1.82) is 0 Å². The van der Waals surface area contributed by atoms with Crippen molar-refractivity contribution in [1.82, 2.24) is 0 Å². The van der Waals surface area contributed by atoms with Crippen LogP contribution in [0.5, 0.6) is 0 Å². The molecule has 2 aliphatic carbocycles. The molecule has 0 nitrogen and oxygen atoms in total. The first kappa shape index (κ1) is 26.4. The van der Waals surface area contributed by atoms with Crippen LogP contribution in [0, 0.1) is 62.7 Å². The molecule has 0 bridgehead atoms. The second-order valence-corrected chi connectivity index (χ2v) is 14.3. The van der Waals surface area contributed by atoms with E-state index >= 15 is 0 Å². The first-order chi connectivity index (χ1) is 11.3. The molecule has 0 aromatic heterocycles. The van der Waals surface area contributed by atoms with E-state index in [1.807, 2.05) is 0 Å². The molecule has 2 rings (SSSR count). The molecule has 25 heavy (non-hydrogen) atoms. The number of hydrogen-bond acceptors (Lipinski definition) is 0. The van der Waals surface area contributed by atoms with Crippen LogP contribution in [-0.2, 0) is 17.1 Å². The largest absolute Gasteiger partial charge is 2.00 e. The smallest absolute Gasteiger partial charge is 0.0935 e. The van der Waals surface area contributed by atoms with Crippen LogP contribution in [0.2, 0.25) is 0 Å². The summed E-state index contributed by atoms with van der Waals surface area (Å²) in [6.07, 6.45) is 17.7. The van der Waals surface area contributed by atoms with Crippen molar-refractivity contribution < 1.29 is 17.1 Å². The first-order valence-corrected chi connectivity index (χ1v) is 12.2. The van der Waals surface area contributed by atoms with Gasteiger partial charge in [0.25, 0.3) is 0 Å². The number of hydrogen-bond donors (Lipinski definition) is 0. The third kappa shape index (κ3) is 8.95. The molecule has 0 amide bonds. The molecule has 0 atom stereocenters. The van der Waals surface area contributed by atoms with Gasteiger partial charge in [0, 0.05) is 11.3 Å². The molecule has 0 aliphatic heterocycles. The molecule has 0 aromatic rings. The van der Waals surface area contributed by atoms with Crippen molar-refractivity contribution in [2.75, 3.05) is 0 Å². The Morgan fingerprint density at radius 3 is 0.840 bits per heavy atom. The second-order valence-electron chi connectivity index (χ2n) is 7.48. The first-order valence-electron chi connectivity index (χ1n) is 9.25. The fourth-order valence-corrected chi connectivity index (χ4v) is 9.26. The predicted molar refractivity (Wildman–Crippen MR) is 115 cm³/mol. The average molecular weight is 418 g/mol. The van der Waals surface area contributed by atoms with Gasteiger partial charge < -0.3 is 0 Å². The van der Waals surface area contributed by atoms with Gasteiger partial charge in [0.2, 0.25) is 0 Å². The number of rotatable bonds is 6. The van der Waals surface area contributed by atoms with Gasteiger partial charge in [-0.3, -0.25) is 0 Å². The van der Waals surface area contributed by atoms with E-state index in [0.29, 0.717) is 0 Å². The van der Waals surface area contributed by atoms with Gasteiger partial charge in [0.05, 0.1) is 0 Å². The quantitative estimate of drug-likeness (QED) is 0.314. The maximum Gasteiger partial charge on any atom is 2.00 e. The summed E-state index contributed by atoms with van der Waals surface area (Å²) in [5, 5.41) is 0. The fraction of sp³-hybridized carbons (Fsp3) is 0.545. The summed E-state index contributed by atoms with van der Waals surface area (Å²) in [5.41, 5.74) is 6.36. The van der Waals surface area contributed by atoms with Crippen molar-refractivity contribution in [3.8, 4) is 0 Å². The normalized spacial score (nSPS) is 19.4. The molecule has 0 N–H and O–H groups in total. The fourth-order valence-electron chi connectivity index (χ4n) is 3.46. The summed E-state index contributed by atoms with van der Waals surface area (Å²) in [6, 6.07) is 0. The minimum absolute atomic E-state index is 0. The van der Waals surface area contributed by atoms with Gasteiger partial charge >= 0.3 is 17.1 Å². The zero-order valence-electron chi connectivity index (χ0n) is 17.2. The Hall–Kier alpha value is 1.38. The molecule has 2 aliphatic rings. The molecule has 2 saturated carbocycles. The third-order valence-corrected chi connectivity index (χ3v) is 10.4. The SMILES string of the molecule is CC(C)P([C]1[CH][CH][CH][CH]1)C(C)C.CC(C)P([C]1[CH][CH][CH][CH]1)C(C)C.[Fe+2]. The van der Waals surface area contributed by atoms with E-state index in [-0.39, 0.29) is 32.9 Å². The van der Waals surface area contributed by atoms with Gasteiger partial charge in [0.1, 0.15) is 0 Å². The van der Waals surface area contributed by atoms with Crippen molar-refractivity contribution >= 4 is 15.8 Å². The standard InChI is InChI=1S/2C11H18P.Fe/c2*1-9(2)12(10(3)4)11-7-5-6-8-11;/h2*5-10H,1-4H3;/q;;+2. The van der Waals surface area contributed by atoms with Gasteiger partial charge in [-0.25, -0.2) is 0 Å². The predicted octanol–water partition coefficient (Wildman–Crippen LogP) is 7.29. The van der Waals surface area contributed by atoms with E-state index in [0.717, 1.165) is 22.6 Å². The summed E-state index contributed by atoms with van der Waals surface area (Å²) >= 11 is 0. The van der Waals surface area contributed by atoms with Crippen LogP contribution in [0.4, 0.5) is 0 Å². The molecule has 0 saturated heterocycles. The van der Waals surface area contributed by atoms with Crippen LogP contribution in [0.3, 0.4) is 0 Å². The van der Waals surface area contributed by atoms with Crippen molar-refractivity contribution in [2.24, 2.45) is 0 Å². The molecule has 0 spiro atoms. The molecular formula is C22H36FeP2+2. The van der Waals surface area contributed by atoms with Gasteiger partial charge in [-0.15, -0.1) is 0 Å². The van der Waals surface area contributed by atoms with E-state index < -0.39 is 0 Å². The Morgan fingerprint density at radius 1 is 0.480 bits per heavy atom. The monoisotopic (exact) mass is 418 g/mol. The molecule has 0 heterocycles. The van der Waals surface area contributed by atoms with Crippen LogP contribution in [0.25, 0.3) is 0 Å². The topological polar surface area (TPSA) is 0 Å². The Balaban J connectivity index is 0.000000443. The zero-order valence-corrected chi connectivity index (χ0v) is 20.1. The molecule has 0 aromatic carbocycles. The van der Waals surface area contributed by atoms with Crippen LogP contribution in [-0.4, -0.2) is 22.6 Å². The maximum absolute atomic E-state index is 2.33. The molecule has 10 radical (unpaired) electrons. The molecular weight excluding hydrogens is 382 g/mol. The van der Waals surface area contributed by atoms with E-state index in [1.165, 1.54) is 0 Å². The Morgan fingerprint density at radius 2 is 0.680 bits per heavy atom. The van der Waals surface area contributed by atoms with Crippen LogP contribution >= 0.6 is 15.8 Å². The minimum atomic E-state index is 0. The molecule has 140 valence electrons. The van der Waals surface area contributed by atoms with Gasteiger partial charge in [-0.2, -0.15) is 0 Å². The van der Waals surface area contributed by atoms with Gasteiger partial charge in [0.15, 0.2) is 0 Å². The summed E-state index contributed by atoms with van der Waals surface area (Å²) in [6.45, 7) is 18.7. The third-order valence-electron chi connectivity index (χ3n) is 4.11. The van der Waals surface area contributed by atoms with Gasteiger partial charge in [-0.05, 0) is 74.0 Å². The summed E-state index contributed by atoms with van der Waals surface area (Å²) < 4.78 is 0. The van der Waals surface area contributed by atoms with Crippen molar-refractivity contribution in [3.05, 3.63) is 62.7 Å². The van der Waals surface area contributed by atoms with E-state index in [4.69, 9.17) is 0 Å². The van der Waals surface area contributed by atoms with Crippen LogP contribution in [0.15, 0.2) is 0 Å². The van der Waals surface area contributed by atoms with E-state index in [9.17, 15) is 0 Å². The molecule has 2 fully saturated rings. The Kier molecular flexibility index (Phi) is 14.3. The second kappa shape index (κ2) is 13.5. The Labute approximate surface area is 173 Å². The van der Waals surface area contributed by atoms with Crippen LogP contribution in [0.1, 0.15) is 55.4 Å². The Bertz CT molecular complexity index is 268. The van der Waals surface area contributed by atoms with Gasteiger partial charge in [-0.1, -0.05) is 71.2 Å². The summed E-state index contributed by atoms with van der Waals surface area (Å²) in [5.74, 6) is 0. The van der Waals surface area contributed by atoms with Crippen molar-refractivity contribution in [3.63, 3.8) is 0 Å². The summed E-state index contributed by atoms with van der Waals surface area (Å²) in [4.78, 5) is 0. The van der Waals surface area contributed by atoms with Crippen LogP contribution < -0.4 is 0 Å². The zero-order chi connectivity index (χ0) is 18.3. The molecule has 3 heteroatoms.